The van der Waals surface area contributed by atoms with Crippen LogP contribution in [0.3, 0.4) is 0 Å². The van der Waals surface area contributed by atoms with Crippen molar-refractivity contribution in [1.82, 2.24) is 15.3 Å². The van der Waals surface area contributed by atoms with E-state index >= 15 is 0 Å². The number of hydrogen-bond acceptors (Lipinski definition) is 2. The van der Waals surface area contributed by atoms with E-state index in [-0.39, 0.29) is 17.5 Å². The van der Waals surface area contributed by atoms with Crippen molar-refractivity contribution in [3.05, 3.63) is 69.8 Å². The number of H-pyrrole nitrogens is 2. The van der Waals surface area contributed by atoms with Gasteiger partial charge in [-0.1, -0.05) is 18.2 Å². The average Bonchev–Trinajstić information content (AvgIpc) is 3.05. The van der Waals surface area contributed by atoms with Crippen LogP contribution >= 0.6 is 0 Å². The number of aromatic nitrogens is 2. The van der Waals surface area contributed by atoms with Crippen molar-refractivity contribution < 1.29 is 4.79 Å². The highest BCUT2D eigenvalue weighted by atomic mass is 16.1. The Morgan fingerprint density at radius 1 is 1.19 bits per heavy atom. The third-order valence-electron chi connectivity index (χ3n) is 5.19. The van der Waals surface area contributed by atoms with E-state index in [0.717, 1.165) is 48.9 Å². The number of carbonyl (C=O) groups is 1. The molecule has 26 heavy (non-hydrogen) atoms. The molecule has 1 aliphatic carbocycles. The highest BCUT2D eigenvalue weighted by Crippen LogP contribution is 2.27. The molecule has 0 unspecified atom stereocenters. The van der Waals surface area contributed by atoms with Gasteiger partial charge in [0.05, 0.1) is 6.04 Å². The van der Waals surface area contributed by atoms with Crippen molar-refractivity contribution in [2.24, 2.45) is 0 Å². The predicted octanol–water partition coefficient (Wildman–Crippen LogP) is 3.37. The molecule has 0 saturated carbocycles. The maximum absolute atomic E-state index is 12.4. The van der Waals surface area contributed by atoms with Crippen LogP contribution < -0.4 is 10.9 Å². The SMILES string of the molecule is O=C(CCCc1c[nH]c2ccccc12)N[C@H]1CCCc2[nH]c(=O)ccc21. The van der Waals surface area contributed by atoms with Crippen molar-refractivity contribution in [2.45, 2.75) is 44.6 Å². The minimum atomic E-state index is -0.0746. The maximum Gasteiger partial charge on any atom is 0.248 e. The number of benzene rings is 1. The van der Waals surface area contributed by atoms with E-state index in [1.54, 1.807) is 6.07 Å². The predicted molar refractivity (Wildman–Crippen MR) is 102 cm³/mol. The summed E-state index contributed by atoms with van der Waals surface area (Å²) in [5.41, 5.74) is 4.34. The summed E-state index contributed by atoms with van der Waals surface area (Å²) in [6.45, 7) is 0. The van der Waals surface area contributed by atoms with Gasteiger partial charge in [0.2, 0.25) is 11.5 Å². The van der Waals surface area contributed by atoms with Crippen molar-refractivity contribution in [3.8, 4) is 0 Å². The molecule has 0 fully saturated rings. The summed E-state index contributed by atoms with van der Waals surface area (Å²) in [4.78, 5) is 30.0. The van der Waals surface area contributed by atoms with E-state index in [1.807, 2.05) is 24.4 Å². The van der Waals surface area contributed by atoms with Crippen molar-refractivity contribution >= 4 is 16.8 Å². The number of hydrogen-bond donors (Lipinski definition) is 3. The first kappa shape index (κ1) is 16.6. The molecule has 1 aromatic carbocycles. The second-order valence-corrected chi connectivity index (χ2v) is 6.98. The fourth-order valence-electron chi connectivity index (χ4n) is 3.89. The van der Waals surface area contributed by atoms with Gasteiger partial charge in [0, 0.05) is 35.3 Å². The molecule has 0 bridgehead atoms. The lowest BCUT2D eigenvalue weighted by molar-refractivity contribution is -0.122. The third kappa shape index (κ3) is 3.43. The third-order valence-corrected chi connectivity index (χ3v) is 5.19. The van der Waals surface area contributed by atoms with Gasteiger partial charge in [-0.25, -0.2) is 0 Å². The van der Waals surface area contributed by atoms with Crippen LogP contribution in [0.5, 0.6) is 0 Å². The number of aromatic amines is 2. The van der Waals surface area contributed by atoms with E-state index < -0.39 is 0 Å². The molecule has 0 radical (unpaired) electrons. The normalized spacial score (nSPS) is 16.4. The Kier molecular flexibility index (Phi) is 4.61. The van der Waals surface area contributed by atoms with Crippen molar-refractivity contribution in [2.75, 3.05) is 0 Å². The molecule has 5 nitrogen and oxygen atoms in total. The Balaban J connectivity index is 1.34. The molecule has 1 aliphatic rings. The topological polar surface area (TPSA) is 77.8 Å². The molecular formula is C21H23N3O2. The minimum Gasteiger partial charge on any atom is -0.361 e. The number of aryl methyl sites for hydroxylation is 2. The van der Waals surface area contributed by atoms with Gasteiger partial charge in [0.15, 0.2) is 0 Å². The van der Waals surface area contributed by atoms with Crippen LogP contribution in [0, 0.1) is 0 Å². The summed E-state index contributed by atoms with van der Waals surface area (Å²) >= 11 is 0. The van der Waals surface area contributed by atoms with Gasteiger partial charge < -0.3 is 15.3 Å². The lowest BCUT2D eigenvalue weighted by Gasteiger charge is -2.25. The second-order valence-electron chi connectivity index (χ2n) is 6.98. The van der Waals surface area contributed by atoms with Crippen LogP contribution in [-0.4, -0.2) is 15.9 Å². The zero-order valence-electron chi connectivity index (χ0n) is 14.7. The van der Waals surface area contributed by atoms with Crippen molar-refractivity contribution in [3.63, 3.8) is 0 Å². The zero-order valence-corrected chi connectivity index (χ0v) is 14.7. The van der Waals surface area contributed by atoms with E-state index in [0.29, 0.717) is 6.42 Å². The highest BCUT2D eigenvalue weighted by molar-refractivity contribution is 5.83. The Bertz CT molecular complexity index is 986. The van der Waals surface area contributed by atoms with Gasteiger partial charge in [-0.2, -0.15) is 0 Å². The number of fused-ring (bicyclic) bond motifs is 2. The summed E-state index contributed by atoms with van der Waals surface area (Å²) in [6.07, 6.45) is 7.02. The number of rotatable bonds is 5. The Morgan fingerprint density at radius 2 is 2.08 bits per heavy atom. The molecule has 0 saturated heterocycles. The minimum absolute atomic E-state index is 0.0104. The van der Waals surface area contributed by atoms with Crippen LogP contribution in [0.1, 0.15) is 48.5 Å². The molecule has 2 aromatic heterocycles. The largest absolute Gasteiger partial charge is 0.361 e. The molecule has 4 rings (SSSR count). The van der Waals surface area contributed by atoms with Gasteiger partial charge in [0.1, 0.15) is 0 Å². The van der Waals surface area contributed by atoms with E-state index in [4.69, 9.17) is 0 Å². The summed E-state index contributed by atoms with van der Waals surface area (Å²) in [5.74, 6) is 0.0777. The van der Waals surface area contributed by atoms with Gasteiger partial charge in [-0.15, -0.1) is 0 Å². The van der Waals surface area contributed by atoms with E-state index in [2.05, 4.69) is 27.4 Å². The average molecular weight is 349 g/mol. The second kappa shape index (κ2) is 7.20. The van der Waals surface area contributed by atoms with Crippen LogP contribution in [0.15, 0.2) is 47.4 Å². The molecule has 0 spiro atoms. The standard InChI is InChI=1S/C21H23N3O2/c25-20(10-3-5-14-13-22-17-7-2-1-6-15(14)17)23-18-8-4-9-19-16(18)11-12-21(26)24-19/h1-2,6-7,11-13,18,22H,3-5,8-10H2,(H,23,25)(H,24,26)/t18-/m0/s1. The summed E-state index contributed by atoms with van der Waals surface area (Å²) in [7, 11) is 0. The zero-order chi connectivity index (χ0) is 17.9. The van der Waals surface area contributed by atoms with Crippen LogP contribution in [-0.2, 0) is 17.6 Å². The highest BCUT2D eigenvalue weighted by Gasteiger charge is 2.22. The molecule has 134 valence electrons. The fraction of sp³-hybridized carbons (Fsp3) is 0.333. The van der Waals surface area contributed by atoms with Gasteiger partial charge in [-0.3, -0.25) is 9.59 Å². The van der Waals surface area contributed by atoms with Gasteiger partial charge >= 0.3 is 0 Å². The Morgan fingerprint density at radius 3 is 3.00 bits per heavy atom. The first-order valence-corrected chi connectivity index (χ1v) is 9.27. The number of para-hydroxylation sites is 1. The summed E-state index contributed by atoms with van der Waals surface area (Å²) in [5, 5.41) is 4.38. The van der Waals surface area contributed by atoms with Crippen molar-refractivity contribution in [1.29, 1.82) is 0 Å². The summed E-state index contributed by atoms with van der Waals surface area (Å²) in [6, 6.07) is 11.6. The van der Waals surface area contributed by atoms with Gasteiger partial charge in [0.25, 0.3) is 0 Å². The molecule has 1 atom stereocenters. The monoisotopic (exact) mass is 349 g/mol. The molecule has 2 heterocycles. The Hall–Kier alpha value is -2.82. The van der Waals surface area contributed by atoms with Crippen LogP contribution in [0.2, 0.25) is 0 Å². The van der Waals surface area contributed by atoms with E-state index in [9.17, 15) is 9.59 Å². The number of amides is 1. The Labute approximate surface area is 151 Å². The lowest BCUT2D eigenvalue weighted by atomic mass is 9.91. The van der Waals surface area contributed by atoms with Crippen LogP contribution in [0.25, 0.3) is 10.9 Å². The molecule has 5 heteroatoms. The summed E-state index contributed by atoms with van der Waals surface area (Å²) < 4.78 is 0. The number of nitrogens with one attached hydrogen (secondary N) is 3. The molecule has 3 aromatic rings. The molecule has 0 aliphatic heterocycles. The first-order chi connectivity index (χ1) is 12.7. The molecule has 1 amide bonds. The lowest BCUT2D eigenvalue weighted by Crippen LogP contribution is -2.32. The maximum atomic E-state index is 12.4. The first-order valence-electron chi connectivity index (χ1n) is 9.27. The smallest absolute Gasteiger partial charge is 0.248 e. The van der Waals surface area contributed by atoms with Gasteiger partial charge in [-0.05, 0) is 55.4 Å². The number of carbonyl (C=O) groups excluding carboxylic acids is 1. The fourth-order valence-corrected chi connectivity index (χ4v) is 3.89. The molecular weight excluding hydrogens is 326 g/mol. The van der Waals surface area contributed by atoms with Crippen LogP contribution in [0.4, 0.5) is 0 Å². The number of pyridine rings is 1. The van der Waals surface area contributed by atoms with E-state index in [1.165, 1.54) is 10.9 Å². The quantitative estimate of drug-likeness (QED) is 0.660. The molecule has 3 N–H and O–H groups in total.